The van der Waals surface area contributed by atoms with Crippen LogP contribution in [0, 0.1) is 11.8 Å². The highest BCUT2D eigenvalue weighted by atomic mass is 32.1. The Morgan fingerprint density at radius 2 is 1.52 bits per heavy atom. The molecule has 2 N–H and O–H groups in total. The van der Waals surface area contributed by atoms with E-state index >= 15 is 0 Å². The summed E-state index contributed by atoms with van der Waals surface area (Å²) in [7, 11) is 3.03. The van der Waals surface area contributed by atoms with Gasteiger partial charge in [-0.15, -0.1) is 11.3 Å². The number of ether oxygens (including phenoxy) is 3. The third-order valence-electron chi connectivity index (χ3n) is 11.1. The van der Waals surface area contributed by atoms with Crippen molar-refractivity contribution in [3.8, 4) is 11.1 Å². The number of amides is 3. The van der Waals surface area contributed by atoms with E-state index in [2.05, 4.69) is 39.9 Å². The second-order valence-corrected chi connectivity index (χ2v) is 16.6. The average Bonchev–Trinajstić information content (AvgIpc) is 3.67. The van der Waals surface area contributed by atoms with Crippen LogP contribution in [0.1, 0.15) is 97.6 Å². The van der Waals surface area contributed by atoms with Gasteiger partial charge in [0.1, 0.15) is 22.8 Å². The van der Waals surface area contributed by atoms with Gasteiger partial charge in [0.25, 0.3) is 5.91 Å². The average molecular weight is 809 g/mol. The number of esters is 2. The van der Waals surface area contributed by atoms with E-state index in [1.54, 1.807) is 24.3 Å². The molecule has 306 valence electrons. The van der Waals surface area contributed by atoms with Gasteiger partial charge in [0.2, 0.25) is 5.91 Å². The number of nitrogens with zero attached hydrogens (tertiary/aromatic N) is 2. The van der Waals surface area contributed by atoms with Gasteiger partial charge in [-0.2, -0.15) is 0 Å². The van der Waals surface area contributed by atoms with Gasteiger partial charge in [0.15, 0.2) is 6.10 Å². The summed E-state index contributed by atoms with van der Waals surface area (Å²) in [5.74, 6) is -2.21. The zero-order valence-electron chi connectivity index (χ0n) is 33.9. The summed E-state index contributed by atoms with van der Waals surface area (Å²) in [6, 6.07) is 25.1. The maximum atomic E-state index is 14.2. The number of thiazole rings is 1. The minimum absolute atomic E-state index is 0.0736. The van der Waals surface area contributed by atoms with Crippen LogP contribution >= 0.6 is 11.3 Å². The molecular weight excluding hydrogens is 757 g/mol. The molecule has 0 saturated heterocycles. The first-order valence-electron chi connectivity index (χ1n) is 19.8. The maximum Gasteiger partial charge on any atom is 0.408 e. The highest BCUT2D eigenvalue weighted by molar-refractivity contribution is 7.09. The highest BCUT2D eigenvalue weighted by Crippen LogP contribution is 2.45. The lowest BCUT2D eigenvalue weighted by molar-refractivity contribution is -0.149. The maximum absolute atomic E-state index is 14.2. The number of carbonyl (C=O) groups excluding carboxylic acids is 5. The van der Waals surface area contributed by atoms with Crippen LogP contribution < -0.4 is 10.6 Å². The normalized spacial score (nSPS) is 15.8. The second kappa shape index (κ2) is 18.4. The minimum atomic E-state index is -1.10. The Labute approximate surface area is 343 Å². The van der Waals surface area contributed by atoms with Crippen LogP contribution in [0.4, 0.5) is 4.79 Å². The number of aromatic nitrogens is 1. The van der Waals surface area contributed by atoms with E-state index in [9.17, 15) is 24.0 Å². The Bertz CT molecular complexity index is 2070. The Morgan fingerprint density at radius 1 is 0.897 bits per heavy atom. The number of hydrogen-bond acceptors (Lipinski definition) is 10. The minimum Gasteiger partial charge on any atom is -0.469 e. The summed E-state index contributed by atoms with van der Waals surface area (Å²) in [4.78, 5) is 71.9. The SMILES string of the molecule is COC(=O)[C@@H](C)C[C@H](Cc1ccccc1)NC(=O)c1csc([C@@H](C[C@H](C(C)C)N(C)C(=O)C2(NC(=O)OCC3c4ccccc4-c4ccccc43)CC2)OC(C)=O)n1. The molecule has 0 spiro atoms. The lowest BCUT2D eigenvalue weighted by Gasteiger charge is -2.35. The molecule has 1 aromatic heterocycles. The van der Waals surface area contributed by atoms with Crippen molar-refractivity contribution in [1.29, 1.82) is 0 Å². The fraction of sp³-hybridized carbons (Fsp3) is 0.422. The molecule has 1 fully saturated rings. The summed E-state index contributed by atoms with van der Waals surface area (Å²) in [6.45, 7) is 7.14. The Hall–Kier alpha value is -5.56. The van der Waals surface area contributed by atoms with Crippen molar-refractivity contribution in [2.24, 2.45) is 11.8 Å². The summed E-state index contributed by atoms with van der Waals surface area (Å²) in [6.07, 6.45) is 0.488. The molecule has 0 radical (unpaired) electrons. The Balaban J connectivity index is 1.11. The molecule has 1 heterocycles. The quantitative estimate of drug-likeness (QED) is 0.0831. The molecule has 4 atom stereocenters. The van der Waals surface area contributed by atoms with Crippen molar-refractivity contribution in [1.82, 2.24) is 20.5 Å². The molecule has 13 heteroatoms. The van der Waals surface area contributed by atoms with Crippen LogP contribution in [0.15, 0.2) is 84.2 Å². The van der Waals surface area contributed by atoms with Gasteiger partial charge in [-0.25, -0.2) is 9.78 Å². The van der Waals surface area contributed by atoms with Crippen molar-refractivity contribution in [2.75, 3.05) is 20.8 Å². The molecule has 0 aliphatic heterocycles. The third-order valence-corrected chi connectivity index (χ3v) is 12.1. The van der Waals surface area contributed by atoms with E-state index in [-0.39, 0.29) is 48.5 Å². The number of benzene rings is 3. The van der Waals surface area contributed by atoms with Crippen molar-refractivity contribution in [2.45, 2.75) is 89.4 Å². The van der Waals surface area contributed by atoms with Gasteiger partial charge >= 0.3 is 18.0 Å². The molecule has 2 aliphatic carbocycles. The number of methoxy groups -OCH3 is 1. The van der Waals surface area contributed by atoms with Crippen molar-refractivity contribution in [3.63, 3.8) is 0 Å². The van der Waals surface area contributed by atoms with Crippen LogP contribution in [-0.4, -0.2) is 78.1 Å². The molecule has 2 aliphatic rings. The van der Waals surface area contributed by atoms with Gasteiger partial charge in [-0.1, -0.05) is 99.6 Å². The largest absolute Gasteiger partial charge is 0.469 e. The fourth-order valence-electron chi connectivity index (χ4n) is 7.95. The molecule has 3 amide bonds. The van der Waals surface area contributed by atoms with Crippen LogP contribution in [-0.2, 0) is 35.0 Å². The smallest absolute Gasteiger partial charge is 0.408 e. The highest BCUT2D eigenvalue weighted by Gasteiger charge is 2.54. The van der Waals surface area contributed by atoms with Gasteiger partial charge < -0.3 is 29.7 Å². The predicted octanol–water partition coefficient (Wildman–Crippen LogP) is 7.23. The molecule has 12 nitrogen and oxygen atoms in total. The number of hydrogen-bond donors (Lipinski definition) is 2. The van der Waals surface area contributed by atoms with E-state index in [0.717, 1.165) is 27.8 Å². The molecule has 58 heavy (non-hydrogen) atoms. The summed E-state index contributed by atoms with van der Waals surface area (Å²) < 4.78 is 16.5. The van der Waals surface area contributed by atoms with E-state index in [4.69, 9.17) is 14.2 Å². The predicted molar refractivity (Wildman–Crippen MR) is 220 cm³/mol. The first-order valence-corrected chi connectivity index (χ1v) is 20.6. The van der Waals surface area contributed by atoms with Gasteiger partial charge in [-0.05, 0) is 59.4 Å². The van der Waals surface area contributed by atoms with Gasteiger partial charge in [-0.3, -0.25) is 19.2 Å². The standard InChI is InChI=1S/C45H52N4O8S/c1-27(2)38(49(5)43(53)45(20-21-45)48-44(54)56-25-36-34-18-12-10-16-32(34)33-17-11-13-19-35(33)36)24-39(57-29(4)50)41-47-37(26-58-41)40(51)46-31(22-28(3)42(52)55-6)23-30-14-8-7-9-15-30/h7-19,26-28,31,36,38-39H,20-25H2,1-6H3,(H,46,51)(H,48,54)/t28-,31+,38+,39+/m0/s1. The number of fused-ring (bicyclic) bond motifs is 3. The van der Waals surface area contributed by atoms with Crippen molar-refractivity contribution in [3.05, 3.63) is 112 Å². The molecule has 1 saturated carbocycles. The summed E-state index contributed by atoms with van der Waals surface area (Å²) in [5.41, 5.74) is 4.49. The zero-order valence-corrected chi connectivity index (χ0v) is 34.7. The van der Waals surface area contributed by atoms with E-state index in [1.165, 1.54) is 25.4 Å². The zero-order chi connectivity index (χ0) is 41.6. The van der Waals surface area contributed by atoms with Crippen LogP contribution in [0.5, 0.6) is 0 Å². The summed E-state index contributed by atoms with van der Waals surface area (Å²) >= 11 is 1.19. The lowest BCUT2D eigenvalue weighted by Crippen LogP contribution is -2.53. The monoisotopic (exact) mass is 808 g/mol. The number of likely N-dealkylation sites (N-methyl/N-ethyl adjacent to an activating group) is 1. The van der Waals surface area contributed by atoms with E-state index < -0.39 is 41.6 Å². The first-order chi connectivity index (χ1) is 27.8. The topological polar surface area (TPSA) is 153 Å². The number of nitrogens with one attached hydrogen (secondary N) is 2. The third kappa shape index (κ3) is 9.75. The number of carbonyl (C=O) groups is 5. The van der Waals surface area contributed by atoms with Gasteiger partial charge in [0.05, 0.1) is 13.0 Å². The second-order valence-electron chi connectivity index (χ2n) is 15.7. The summed E-state index contributed by atoms with van der Waals surface area (Å²) in [5, 5.41) is 7.94. The van der Waals surface area contributed by atoms with Gasteiger partial charge in [0, 0.05) is 43.8 Å². The van der Waals surface area contributed by atoms with Crippen LogP contribution in [0.2, 0.25) is 0 Å². The molecule has 4 aromatic rings. The Morgan fingerprint density at radius 3 is 2.10 bits per heavy atom. The number of alkyl carbamates (subject to hydrolysis) is 1. The van der Waals surface area contributed by atoms with E-state index in [0.29, 0.717) is 30.7 Å². The lowest BCUT2D eigenvalue weighted by atomic mass is 9.95. The Kier molecular flexibility index (Phi) is 13.3. The molecule has 0 unspecified atom stereocenters. The van der Waals surface area contributed by atoms with E-state index in [1.807, 2.05) is 68.4 Å². The molecule has 0 bridgehead atoms. The van der Waals surface area contributed by atoms with Crippen molar-refractivity contribution >= 4 is 41.2 Å². The first kappa shape index (κ1) is 42.1. The van der Waals surface area contributed by atoms with Crippen LogP contribution in [0.3, 0.4) is 0 Å². The fourth-order valence-corrected chi connectivity index (χ4v) is 8.79. The number of rotatable bonds is 17. The molecular formula is C45H52N4O8S. The van der Waals surface area contributed by atoms with Crippen molar-refractivity contribution < 1.29 is 38.2 Å². The molecule has 6 rings (SSSR count). The van der Waals surface area contributed by atoms with Crippen LogP contribution in [0.25, 0.3) is 11.1 Å². The molecule has 3 aromatic carbocycles.